The number of carbonyl (C=O) groups excluding carboxylic acids is 4. The standard InChI is InChI=1S/C18H21NO9/c1-10(20)19-18(17(24)25,9-26-11(2)21)8-14-5-6-15(27-12(3)22)16(7-14)28-13(4)23/h5-7H,8-9H2,1-4H3,(H,19,20)(H,24,25). The van der Waals surface area contributed by atoms with Gasteiger partial charge in [0.15, 0.2) is 17.0 Å². The van der Waals surface area contributed by atoms with Crippen molar-refractivity contribution in [2.75, 3.05) is 6.61 Å². The number of aliphatic carboxylic acids is 1. The first-order chi connectivity index (χ1) is 12.9. The normalized spacial score (nSPS) is 12.3. The van der Waals surface area contributed by atoms with E-state index in [1.807, 2.05) is 0 Å². The molecule has 0 spiro atoms. The number of carbonyl (C=O) groups is 5. The molecule has 1 atom stereocenters. The lowest BCUT2D eigenvalue weighted by Crippen LogP contribution is -2.59. The van der Waals surface area contributed by atoms with E-state index in [-0.39, 0.29) is 17.9 Å². The highest BCUT2D eigenvalue weighted by atomic mass is 16.6. The fraction of sp³-hybridized carbons (Fsp3) is 0.389. The van der Waals surface area contributed by atoms with E-state index in [9.17, 15) is 29.1 Å². The Kier molecular flexibility index (Phi) is 7.66. The summed E-state index contributed by atoms with van der Waals surface area (Å²) in [7, 11) is 0. The van der Waals surface area contributed by atoms with Crippen LogP contribution in [0.5, 0.6) is 11.5 Å². The molecule has 10 heteroatoms. The van der Waals surface area contributed by atoms with Gasteiger partial charge < -0.3 is 24.6 Å². The second-order valence-corrected chi connectivity index (χ2v) is 5.99. The van der Waals surface area contributed by atoms with Crippen LogP contribution < -0.4 is 14.8 Å². The van der Waals surface area contributed by atoms with Gasteiger partial charge in [0.2, 0.25) is 5.91 Å². The van der Waals surface area contributed by atoms with E-state index in [1.54, 1.807) is 0 Å². The fourth-order valence-electron chi connectivity index (χ4n) is 2.37. The quantitative estimate of drug-likeness (QED) is 0.477. The van der Waals surface area contributed by atoms with Crippen LogP contribution in [0.1, 0.15) is 33.3 Å². The van der Waals surface area contributed by atoms with Gasteiger partial charge in [-0.3, -0.25) is 19.2 Å². The van der Waals surface area contributed by atoms with Crippen LogP contribution in [0, 0.1) is 0 Å². The Morgan fingerprint density at radius 1 is 0.929 bits per heavy atom. The molecule has 0 bridgehead atoms. The van der Waals surface area contributed by atoms with E-state index in [1.165, 1.54) is 18.2 Å². The first-order valence-electron chi connectivity index (χ1n) is 8.10. The van der Waals surface area contributed by atoms with Crippen LogP contribution >= 0.6 is 0 Å². The van der Waals surface area contributed by atoms with Gasteiger partial charge in [-0.05, 0) is 17.7 Å². The van der Waals surface area contributed by atoms with Crippen LogP contribution in [0.2, 0.25) is 0 Å². The van der Waals surface area contributed by atoms with E-state index in [0.29, 0.717) is 5.56 Å². The summed E-state index contributed by atoms with van der Waals surface area (Å²) in [4.78, 5) is 57.1. The number of carboxylic acids is 1. The minimum Gasteiger partial charge on any atom is -0.479 e. The number of nitrogens with one attached hydrogen (secondary N) is 1. The summed E-state index contributed by atoms with van der Waals surface area (Å²) in [5.74, 6) is -4.26. The maximum Gasteiger partial charge on any atom is 0.333 e. The molecule has 1 rings (SSSR count). The third-order valence-corrected chi connectivity index (χ3v) is 3.37. The number of benzene rings is 1. The number of ether oxygens (including phenoxy) is 3. The topological polar surface area (TPSA) is 145 Å². The molecule has 10 nitrogen and oxygen atoms in total. The molecule has 0 fully saturated rings. The van der Waals surface area contributed by atoms with Gasteiger partial charge in [0.1, 0.15) is 6.61 Å². The molecule has 1 amide bonds. The molecule has 2 N–H and O–H groups in total. The molecular formula is C18H21NO9. The Bertz CT molecular complexity index is 802. The monoisotopic (exact) mass is 395 g/mol. The molecule has 1 aromatic rings. The number of hydrogen-bond acceptors (Lipinski definition) is 8. The lowest BCUT2D eigenvalue weighted by molar-refractivity contribution is -0.155. The number of hydrogen-bond donors (Lipinski definition) is 2. The molecule has 0 saturated carbocycles. The maximum absolute atomic E-state index is 11.9. The van der Waals surface area contributed by atoms with Gasteiger partial charge in [-0.2, -0.15) is 0 Å². The van der Waals surface area contributed by atoms with Crippen molar-refractivity contribution >= 4 is 29.8 Å². The zero-order chi connectivity index (χ0) is 21.5. The Labute approximate surface area is 160 Å². The molecule has 0 aliphatic rings. The lowest BCUT2D eigenvalue weighted by Gasteiger charge is -2.29. The van der Waals surface area contributed by atoms with Crippen LogP contribution in [0.25, 0.3) is 0 Å². The highest BCUT2D eigenvalue weighted by Crippen LogP contribution is 2.30. The molecule has 1 unspecified atom stereocenters. The summed E-state index contributed by atoms with van der Waals surface area (Å²) in [6, 6.07) is 4.05. The highest BCUT2D eigenvalue weighted by molar-refractivity contribution is 5.87. The molecule has 152 valence electrons. The largest absolute Gasteiger partial charge is 0.479 e. The highest BCUT2D eigenvalue weighted by Gasteiger charge is 2.41. The predicted octanol–water partition coefficient (Wildman–Crippen LogP) is 0.602. The predicted molar refractivity (Wildman–Crippen MR) is 93.6 cm³/mol. The van der Waals surface area contributed by atoms with Gasteiger partial charge in [0.25, 0.3) is 0 Å². The Balaban J connectivity index is 3.33. The molecule has 0 radical (unpaired) electrons. The minimum absolute atomic E-state index is 0.0353. The summed E-state index contributed by atoms with van der Waals surface area (Å²) >= 11 is 0. The van der Waals surface area contributed by atoms with Gasteiger partial charge in [-0.1, -0.05) is 6.07 Å². The fourth-order valence-corrected chi connectivity index (χ4v) is 2.37. The van der Waals surface area contributed by atoms with Gasteiger partial charge in [-0.15, -0.1) is 0 Å². The SMILES string of the molecule is CC(=O)NC(COC(C)=O)(Cc1ccc(OC(C)=O)c(OC(C)=O)c1)C(=O)O. The second-order valence-electron chi connectivity index (χ2n) is 5.99. The molecule has 0 heterocycles. The van der Waals surface area contributed by atoms with Crippen LogP contribution in [0.3, 0.4) is 0 Å². The van der Waals surface area contributed by atoms with Crippen molar-refractivity contribution in [3.63, 3.8) is 0 Å². The summed E-state index contributed by atoms with van der Waals surface area (Å²) in [5, 5.41) is 12.0. The van der Waals surface area contributed by atoms with E-state index in [0.717, 1.165) is 27.7 Å². The van der Waals surface area contributed by atoms with Crippen LogP contribution in [-0.2, 0) is 35.1 Å². The average molecular weight is 395 g/mol. The van der Waals surface area contributed by atoms with Crippen molar-refractivity contribution in [3.05, 3.63) is 23.8 Å². The van der Waals surface area contributed by atoms with Crippen molar-refractivity contribution in [2.45, 2.75) is 39.7 Å². The minimum atomic E-state index is -1.95. The van der Waals surface area contributed by atoms with Crippen LogP contribution in [-0.4, -0.2) is 47.0 Å². The zero-order valence-electron chi connectivity index (χ0n) is 15.9. The zero-order valence-corrected chi connectivity index (χ0v) is 15.9. The maximum atomic E-state index is 11.9. The Hall–Kier alpha value is -3.43. The van der Waals surface area contributed by atoms with Crippen molar-refractivity contribution < 1.29 is 43.3 Å². The first-order valence-corrected chi connectivity index (χ1v) is 8.10. The van der Waals surface area contributed by atoms with Crippen LogP contribution in [0.4, 0.5) is 0 Å². The summed E-state index contributed by atoms with van der Waals surface area (Å²) in [5.41, 5.74) is -1.64. The van der Waals surface area contributed by atoms with Crippen molar-refractivity contribution in [1.29, 1.82) is 0 Å². The third kappa shape index (κ3) is 6.71. The molecular weight excluding hydrogens is 374 g/mol. The summed E-state index contributed by atoms with van der Waals surface area (Å²) in [6.45, 7) is 3.92. The summed E-state index contributed by atoms with van der Waals surface area (Å²) < 4.78 is 14.8. The molecule has 0 aromatic heterocycles. The van der Waals surface area contributed by atoms with Gasteiger partial charge in [-0.25, -0.2) is 4.79 Å². The van der Waals surface area contributed by atoms with Crippen molar-refractivity contribution in [2.24, 2.45) is 0 Å². The van der Waals surface area contributed by atoms with Gasteiger partial charge in [0.05, 0.1) is 0 Å². The molecule has 0 saturated heterocycles. The number of rotatable bonds is 8. The van der Waals surface area contributed by atoms with Gasteiger partial charge in [0, 0.05) is 34.1 Å². The van der Waals surface area contributed by atoms with E-state index < -0.39 is 41.9 Å². The number of carboxylic acid groups (broad SMARTS) is 1. The van der Waals surface area contributed by atoms with E-state index >= 15 is 0 Å². The number of amides is 1. The van der Waals surface area contributed by atoms with E-state index in [2.05, 4.69) is 5.32 Å². The third-order valence-electron chi connectivity index (χ3n) is 3.37. The first kappa shape index (κ1) is 22.6. The van der Waals surface area contributed by atoms with Crippen molar-refractivity contribution in [1.82, 2.24) is 5.32 Å². The molecule has 1 aromatic carbocycles. The average Bonchev–Trinajstić information content (AvgIpc) is 2.53. The van der Waals surface area contributed by atoms with Crippen molar-refractivity contribution in [3.8, 4) is 11.5 Å². The van der Waals surface area contributed by atoms with E-state index in [4.69, 9.17) is 14.2 Å². The molecule has 0 aliphatic heterocycles. The summed E-state index contributed by atoms with van der Waals surface area (Å²) in [6.07, 6.45) is -0.302. The Morgan fingerprint density at radius 3 is 1.96 bits per heavy atom. The lowest BCUT2D eigenvalue weighted by atomic mass is 9.91. The smallest absolute Gasteiger partial charge is 0.333 e. The van der Waals surface area contributed by atoms with Gasteiger partial charge >= 0.3 is 23.9 Å². The number of esters is 3. The van der Waals surface area contributed by atoms with Crippen LogP contribution in [0.15, 0.2) is 18.2 Å². The molecule has 28 heavy (non-hydrogen) atoms. The molecule has 0 aliphatic carbocycles. The Morgan fingerprint density at radius 2 is 1.50 bits per heavy atom. The second kappa shape index (κ2) is 9.49.